The van der Waals surface area contributed by atoms with Crippen LogP contribution in [0, 0.1) is 0 Å². The number of unbranched alkanes of at least 4 members (excludes halogenated alkanes) is 20. The van der Waals surface area contributed by atoms with Crippen LogP contribution in [0.4, 0.5) is 0 Å². The molecule has 1 unspecified atom stereocenters. The highest BCUT2D eigenvalue weighted by molar-refractivity contribution is 5.71. The summed E-state index contributed by atoms with van der Waals surface area (Å²) < 4.78 is 16.7. The van der Waals surface area contributed by atoms with Gasteiger partial charge in [0.1, 0.15) is 13.2 Å². The summed E-state index contributed by atoms with van der Waals surface area (Å²) in [6.07, 6.45) is 53.5. The highest BCUT2D eigenvalue weighted by Gasteiger charge is 2.19. The fourth-order valence-corrected chi connectivity index (χ4v) is 6.21. The monoisotopic (exact) mass is 783 g/mol. The standard InChI is InChI=1S/C50H86O6/c1-4-7-10-13-16-19-22-25-28-31-34-37-40-43-49(52)55-46-47(45-54-48(51)42-39-36-33-30-27-24-21-18-15-12-9-6-3)56-50(53)44-41-38-35-32-29-26-23-20-17-14-11-8-5-2/h9,12,18,21,25-30,47H,4-8,10-11,13-17,19-20,22-24,31-46H2,1-3H3/b12-9-,21-18-,28-25-,29-26-,30-27-. The molecule has 0 radical (unpaired) electrons. The summed E-state index contributed by atoms with van der Waals surface area (Å²) in [4.78, 5) is 37.7. The van der Waals surface area contributed by atoms with Gasteiger partial charge in [-0.25, -0.2) is 0 Å². The first-order valence-electron chi connectivity index (χ1n) is 23.3. The van der Waals surface area contributed by atoms with Crippen LogP contribution in [0.25, 0.3) is 0 Å². The first kappa shape index (κ1) is 53.1. The average Bonchev–Trinajstić information content (AvgIpc) is 3.19. The van der Waals surface area contributed by atoms with Gasteiger partial charge in [-0.2, -0.15) is 0 Å². The molecular weight excluding hydrogens is 697 g/mol. The third-order valence-electron chi connectivity index (χ3n) is 9.73. The smallest absolute Gasteiger partial charge is 0.306 e. The van der Waals surface area contributed by atoms with E-state index in [0.717, 1.165) is 103 Å². The molecule has 0 saturated carbocycles. The van der Waals surface area contributed by atoms with E-state index < -0.39 is 6.10 Å². The molecule has 0 N–H and O–H groups in total. The zero-order chi connectivity index (χ0) is 40.8. The Hall–Kier alpha value is -2.89. The van der Waals surface area contributed by atoms with E-state index in [2.05, 4.69) is 81.5 Å². The molecule has 0 aliphatic heterocycles. The Kier molecular flexibility index (Phi) is 42.5. The van der Waals surface area contributed by atoms with Crippen LogP contribution in [0.2, 0.25) is 0 Å². The summed E-state index contributed by atoms with van der Waals surface area (Å²) in [6, 6.07) is 0. The SMILES string of the molecule is CC/C=C\C/C=C\C/C=C\CCCCC(=O)OCC(COC(=O)CCCCC/C=C\CCCCCCCC)OC(=O)CCCCC/C=C\CCCCCCCC. The molecule has 0 aliphatic carbocycles. The molecule has 0 spiro atoms. The maximum absolute atomic E-state index is 12.7. The highest BCUT2D eigenvalue weighted by atomic mass is 16.6. The van der Waals surface area contributed by atoms with Crippen molar-refractivity contribution in [1.82, 2.24) is 0 Å². The van der Waals surface area contributed by atoms with Gasteiger partial charge in [0, 0.05) is 19.3 Å². The van der Waals surface area contributed by atoms with Crippen LogP contribution in [0.5, 0.6) is 0 Å². The minimum atomic E-state index is -0.800. The van der Waals surface area contributed by atoms with Crippen molar-refractivity contribution in [3.05, 3.63) is 60.8 Å². The number of rotatable bonds is 41. The minimum absolute atomic E-state index is 0.101. The van der Waals surface area contributed by atoms with Crippen LogP contribution in [0.15, 0.2) is 60.8 Å². The first-order chi connectivity index (χ1) is 27.5. The van der Waals surface area contributed by atoms with Gasteiger partial charge in [0.15, 0.2) is 6.10 Å². The molecule has 0 aromatic carbocycles. The Morgan fingerprint density at radius 3 is 1.14 bits per heavy atom. The zero-order valence-electron chi connectivity index (χ0n) is 36.6. The number of carbonyl (C=O) groups excluding carboxylic acids is 3. The molecule has 0 amide bonds. The van der Waals surface area contributed by atoms with E-state index >= 15 is 0 Å². The molecule has 322 valence electrons. The van der Waals surface area contributed by atoms with E-state index in [-0.39, 0.29) is 31.1 Å². The van der Waals surface area contributed by atoms with Crippen LogP contribution in [0.3, 0.4) is 0 Å². The first-order valence-corrected chi connectivity index (χ1v) is 23.3. The Bertz CT molecular complexity index is 1040. The van der Waals surface area contributed by atoms with Crippen molar-refractivity contribution in [3.8, 4) is 0 Å². The summed E-state index contributed by atoms with van der Waals surface area (Å²) in [5.41, 5.74) is 0. The van der Waals surface area contributed by atoms with E-state index in [1.54, 1.807) is 0 Å². The van der Waals surface area contributed by atoms with Gasteiger partial charge in [-0.05, 0) is 103 Å². The Labute approximate surface area is 345 Å². The quantitative estimate of drug-likeness (QED) is 0.0266. The molecule has 0 rings (SSSR count). The molecule has 56 heavy (non-hydrogen) atoms. The molecular formula is C50H86O6. The van der Waals surface area contributed by atoms with Crippen molar-refractivity contribution in [2.45, 2.75) is 226 Å². The molecule has 6 heteroatoms. The second-order valence-electron chi connectivity index (χ2n) is 15.3. The lowest BCUT2D eigenvalue weighted by atomic mass is 10.1. The molecule has 0 saturated heterocycles. The van der Waals surface area contributed by atoms with Gasteiger partial charge < -0.3 is 14.2 Å². The van der Waals surface area contributed by atoms with E-state index in [0.29, 0.717) is 19.3 Å². The molecule has 0 heterocycles. The Balaban J connectivity index is 4.48. The van der Waals surface area contributed by atoms with Gasteiger partial charge >= 0.3 is 17.9 Å². The van der Waals surface area contributed by atoms with Gasteiger partial charge in [-0.1, -0.05) is 159 Å². The number of ether oxygens (including phenoxy) is 3. The number of hydrogen-bond donors (Lipinski definition) is 0. The summed E-state index contributed by atoms with van der Waals surface area (Å²) in [5, 5.41) is 0. The number of carbonyl (C=O) groups is 3. The van der Waals surface area contributed by atoms with Crippen molar-refractivity contribution >= 4 is 17.9 Å². The topological polar surface area (TPSA) is 78.9 Å². The van der Waals surface area contributed by atoms with E-state index in [1.807, 2.05) is 0 Å². The van der Waals surface area contributed by atoms with Gasteiger partial charge in [0.25, 0.3) is 0 Å². The third kappa shape index (κ3) is 42.3. The lowest BCUT2D eigenvalue weighted by molar-refractivity contribution is -0.167. The molecule has 0 aliphatic rings. The summed E-state index contributed by atoms with van der Waals surface area (Å²) in [6.45, 7) is 6.43. The van der Waals surface area contributed by atoms with Crippen molar-refractivity contribution in [1.29, 1.82) is 0 Å². The van der Waals surface area contributed by atoms with Gasteiger partial charge in [-0.15, -0.1) is 0 Å². The Morgan fingerprint density at radius 1 is 0.375 bits per heavy atom. The van der Waals surface area contributed by atoms with E-state index in [1.165, 1.54) is 77.0 Å². The average molecular weight is 783 g/mol. The lowest BCUT2D eigenvalue weighted by Gasteiger charge is -2.18. The number of esters is 3. The molecule has 0 aromatic heterocycles. The van der Waals surface area contributed by atoms with Crippen molar-refractivity contribution in [3.63, 3.8) is 0 Å². The van der Waals surface area contributed by atoms with Crippen molar-refractivity contribution in [2.75, 3.05) is 13.2 Å². The number of hydrogen-bond acceptors (Lipinski definition) is 6. The van der Waals surface area contributed by atoms with Crippen LogP contribution in [-0.4, -0.2) is 37.2 Å². The van der Waals surface area contributed by atoms with Crippen LogP contribution >= 0.6 is 0 Å². The highest BCUT2D eigenvalue weighted by Crippen LogP contribution is 2.12. The molecule has 0 aromatic rings. The molecule has 6 nitrogen and oxygen atoms in total. The molecule has 0 fully saturated rings. The maximum atomic E-state index is 12.7. The van der Waals surface area contributed by atoms with Crippen LogP contribution < -0.4 is 0 Å². The zero-order valence-corrected chi connectivity index (χ0v) is 36.6. The normalized spacial score (nSPS) is 12.6. The van der Waals surface area contributed by atoms with E-state index in [9.17, 15) is 14.4 Å². The molecule has 0 bridgehead atoms. The lowest BCUT2D eigenvalue weighted by Crippen LogP contribution is -2.30. The minimum Gasteiger partial charge on any atom is -0.462 e. The second kappa shape index (κ2) is 44.8. The summed E-state index contributed by atoms with van der Waals surface area (Å²) in [5.74, 6) is -0.975. The summed E-state index contributed by atoms with van der Waals surface area (Å²) >= 11 is 0. The number of allylic oxidation sites excluding steroid dienone is 10. The van der Waals surface area contributed by atoms with Crippen molar-refractivity contribution < 1.29 is 28.6 Å². The van der Waals surface area contributed by atoms with Crippen molar-refractivity contribution in [2.24, 2.45) is 0 Å². The third-order valence-corrected chi connectivity index (χ3v) is 9.73. The maximum Gasteiger partial charge on any atom is 0.306 e. The van der Waals surface area contributed by atoms with Gasteiger partial charge in [0.05, 0.1) is 0 Å². The predicted octanol–water partition coefficient (Wildman–Crippen LogP) is 14.9. The molecule has 1 atom stereocenters. The Morgan fingerprint density at radius 2 is 0.696 bits per heavy atom. The fraction of sp³-hybridized carbons (Fsp3) is 0.740. The van der Waals surface area contributed by atoms with Crippen LogP contribution in [-0.2, 0) is 28.6 Å². The van der Waals surface area contributed by atoms with Gasteiger partial charge in [-0.3, -0.25) is 14.4 Å². The predicted molar refractivity (Wildman–Crippen MR) is 238 cm³/mol. The second-order valence-corrected chi connectivity index (χ2v) is 15.3. The summed E-state index contributed by atoms with van der Waals surface area (Å²) in [7, 11) is 0. The largest absolute Gasteiger partial charge is 0.462 e. The fourth-order valence-electron chi connectivity index (χ4n) is 6.21. The van der Waals surface area contributed by atoms with E-state index in [4.69, 9.17) is 14.2 Å². The van der Waals surface area contributed by atoms with Gasteiger partial charge in [0.2, 0.25) is 0 Å². The van der Waals surface area contributed by atoms with Crippen LogP contribution in [0.1, 0.15) is 220 Å².